The summed E-state index contributed by atoms with van der Waals surface area (Å²) < 4.78 is 23.6. The van der Waals surface area contributed by atoms with Crippen molar-refractivity contribution in [3.63, 3.8) is 0 Å². The summed E-state index contributed by atoms with van der Waals surface area (Å²) in [5.41, 5.74) is 0.767. The van der Waals surface area contributed by atoms with Crippen molar-refractivity contribution in [2.24, 2.45) is 0 Å². The van der Waals surface area contributed by atoms with Crippen LogP contribution in [0, 0.1) is 5.82 Å². The van der Waals surface area contributed by atoms with Gasteiger partial charge in [-0.1, -0.05) is 0 Å². The zero-order chi connectivity index (χ0) is 10.7. The highest BCUT2D eigenvalue weighted by atomic mass is 19.1. The molecule has 0 amide bonds. The van der Waals surface area contributed by atoms with Crippen LogP contribution in [-0.2, 0) is 0 Å². The summed E-state index contributed by atoms with van der Waals surface area (Å²) in [6.07, 6.45) is 1.58. The van der Waals surface area contributed by atoms with Crippen LogP contribution in [0.4, 0.5) is 4.39 Å². The Morgan fingerprint density at radius 3 is 2.87 bits per heavy atom. The zero-order valence-electron chi connectivity index (χ0n) is 8.37. The molecule has 2 rings (SSSR count). The highest BCUT2D eigenvalue weighted by Gasteiger charge is 2.09. The van der Waals surface area contributed by atoms with Gasteiger partial charge in [0.15, 0.2) is 0 Å². The minimum atomic E-state index is -0.311. The summed E-state index contributed by atoms with van der Waals surface area (Å²) in [5, 5.41) is 0. The highest BCUT2D eigenvalue weighted by molar-refractivity contribution is 5.65. The summed E-state index contributed by atoms with van der Waals surface area (Å²) in [7, 11) is 0. The van der Waals surface area contributed by atoms with E-state index < -0.39 is 0 Å². The minimum absolute atomic E-state index is 0.311. The molecule has 1 aromatic heterocycles. The Bertz CT molecular complexity index is 435. The third-order valence-corrected chi connectivity index (χ3v) is 2.03. The van der Waals surface area contributed by atoms with Crippen LogP contribution in [0.25, 0.3) is 11.3 Å². The lowest BCUT2D eigenvalue weighted by molar-refractivity contribution is 0.339. The van der Waals surface area contributed by atoms with Gasteiger partial charge in [-0.15, -0.1) is 0 Å². The number of hydrogen-bond donors (Lipinski definition) is 0. The predicted octanol–water partition coefficient (Wildman–Crippen LogP) is 3.48. The van der Waals surface area contributed by atoms with Crippen molar-refractivity contribution in [2.75, 3.05) is 6.61 Å². The van der Waals surface area contributed by atoms with E-state index in [1.54, 1.807) is 18.4 Å². The van der Waals surface area contributed by atoms with Gasteiger partial charge in [-0.25, -0.2) is 4.39 Å². The number of hydrogen-bond acceptors (Lipinski definition) is 2. The molecule has 2 nitrogen and oxygen atoms in total. The molecule has 1 aromatic carbocycles. The predicted molar refractivity (Wildman–Crippen MR) is 55.3 cm³/mol. The molecule has 0 radical (unpaired) electrons. The molecule has 2 aromatic rings. The fourth-order valence-electron chi connectivity index (χ4n) is 1.41. The fourth-order valence-corrected chi connectivity index (χ4v) is 1.41. The molecule has 0 saturated heterocycles. The first-order valence-corrected chi connectivity index (χ1v) is 4.77. The molecule has 3 heteroatoms. The van der Waals surface area contributed by atoms with Crippen molar-refractivity contribution in [1.29, 1.82) is 0 Å². The maximum atomic E-state index is 13.0. The van der Waals surface area contributed by atoms with E-state index >= 15 is 0 Å². The Kier molecular flexibility index (Phi) is 2.72. The molecule has 0 bridgehead atoms. The van der Waals surface area contributed by atoms with Crippen molar-refractivity contribution in [2.45, 2.75) is 6.92 Å². The maximum Gasteiger partial charge on any atom is 0.137 e. The van der Waals surface area contributed by atoms with Crippen molar-refractivity contribution in [1.82, 2.24) is 0 Å². The molecule has 0 aliphatic rings. The topological polar surface area (TPSA) is 22.4 Å². The lowest BCUT2D eigenvalue weighted by atomic mass is 10.1. The average Bonchev–Trinajstić information content (AvgIpc) is 2.71. The van der Waals surface area contributed by atoms with Gasteiger partial charge >= 0.3 is 0 Å². The molecule has 1 heterocycles. The Morgan fingerprint density at radius 2 is 2.20 bits per heavy atom. The summed E-state index contributed by atoms with van der Waals surface area (Å²) in [5.74, 6) is 0.875. The van der Waals surface area contributed by atoms with E-state index in [2.05, 4.69) is 0 Å². The second-order valence-electron chi connectivity index (χ2n) is 3.05. The Balaban J connectivity index is 2.46. The minimum Gasteiger partial charge on any atom is -0.493 e. The Labute approximate surface area is 87.3 Å². The van der Waals surface area contributed by atoms with Gasteiger partial charge < -0.3 is 9.15 Å². The van der Waals surface area contributed by atoms with E-state index in [4.69, 9.17) is 9.15 Å². The van der Waals surface area contributed by atoms with Crippen LogP contribution in [0.5, 0.6) is 5.75 Å². The van der Waals surface area contributed by atoms with Crippen molar-refractivity contribution >= 4 is 0 Å². The monoisotopic (exact) mass is 206 g/mol. The molecule has 0 unspecified atom stereocenters. The second-order valence-corrected chi connectivity index (χ2v) is 3.05. The quantitative estimate of drug-likeness (QED) is 0.767. The lowest BCUT2D eigenvalue weighted by Gasteiger charge is -2.07. The normalized spacial score (nSPS) is 10.3. The van der Waals surface area contributed by atoms with Gasteiger partial charge in [0.2, 0.25) is 0 Å². The Hall–Kier alpha value is -1.77. The molecule has 78 valence electrons. The molecular weight excluding hydrogens is 195 g/mol. The van der Waals surface area contributed by atoms with Gasteiger partial charge in [0.1, 0.15) is 17.3 Å². The van der Waals surface area contributed by atoms with Crippen molar-refractivity contribution in [3.05, 3.63) is 42.4 Å². The maximum absolute atomic E-state index is 13.0. The van der Waals surface area contributed by atoms with E-state index in [0.29, 0.717) is 18.1 Å². The summed E-state index contributed by atoms with van der Waals surface area (Å²) in [4.78, 5) is 0. The van der Waals surface area contributed by atoms with E-state index in [9.17, 15) is 4.39 Å². The zero-order valence-corrected chi connectivity index (χ0v) is 8.37. The molecule has 0 spiro atoms. The smallest absolute Gasteiger partial charge is 0.137 e. The van der Waals surface area contributed by atoms with Gasteiger partial charge in [-0.2, -0.15) is 0 Å². The Morgan fingerprint density at radius 1 is 1.33 bits per heavy atom. The van der Waals surface area contributed by atoms with E-state index in [1.165, 1.54) is 12.1 Å². The van der Waals surface area contributed by atoms with E-state index in [-0.39, 0.29) is 5.82 Å². The van der Waals surface area contributed by atoms with Crippen LogP contribution in [-0.4, -0.2) is 6.61 Å². The molecule has 0 saturated carbocycles. The molecule has 0 aliphatic carbocycles. The third-order valence-electron chi connectivity index (χ3n) is 2.03. The average molecular weight is 206 g/mol. The third kappa shape index (κ3) is 2.01. The van der Waals surface area contributed by atoms with Crippen LogP contribution in [0.2, 0.25) is 0 Å². The van der Waals surface area contributed by atoms with Crippen molar-refractivity contribution in [3.8, 4) is 17.1 Å². The van der Waals surface area contributed by atoms with Crippen LogP contribution in [0.3, 0.4) is 0 Å². The fraction of sp³-hybridized carbons (Fsp3) is 0.167. The van der Waals surface area contributed by atoms with Gasteiger partial charge in [0.25, 0.3) is 0 Å². The van der Waals surface area contributed by atoms with E-state index in [1.807, 2.05) is 13.0 Å². The number of furan rings is 1. The lowest BCUT2D eigenvalue weighted by Crippen LogP contribution is -1.94. The van der Waals surface area contributed by atoms with E-state index in [0.717, 1.165) is 5.56 Å². The summed E-state index contributed by atoms with van der Waals surface area (Å²) >= 11 is 0. The number of benzene rings is 1. The van der Waals surface area contributed by atoms with Crippen LogP contribution in [0.15, 0.2) is 41.0 Å². The van der Waals surface area contributed by atoms with Gasteiger partial charge in [-0.05, 0) is 31.2 Å². The molecular formula is C12H11FO2. The van der Waals surface area contributed by atoms with Crippen LogP contribution in [0.1, 0.15) is 6.92 Å². The van der Waals surface area contributed by atoms with Gasteiger partial charge in [0.05, 0.1) is 18.4 Å². The van der Waals surface area contributed by atoms with Crippen molar-refractivity contribution < 1.29 is 13.5 Å². The molecule has 0 fully saturated rings. The number of rotatable bonds is 3. The molecule has 0 aliphatic heterocycles. The first kappa shape index (κ1) is 9.77. The first-order chi connectivity index (χ1) is 7.31. The second kappa shape index (κ2) is 4.17. The standard InChI is InChI=1S/C12H11FO2/c1-2-14-12-8-9(13)5-6-10(12)11-4-3-7-15-11/h3-8H,2H2,1H3. The molecule has 15 heavy (non-hydrogen) atoms. The summed E-state index contributed by atoms with van der Waals surface area (Å²) in [6.45, 7) is 2.36. The SMILES string of the molecule is CCOc1cc(F)ccc1-c1ccco1. The number of halogens is 1. The largest absolute Gasteiger partial charge is 0.493 e. The molecule has 0 N–H and O–H groups in total. The number of ether oxygens (including phenoxy) is 1. The first-order valence-electron chi connectivity index (χ1n) is 4.77. The van der Waals surface area contributed by atoms with Crippen LogP contribution >= 0.6 is 0 Å². The highest BCUT2D eigenvalue weighted by Crippen LogP contribution is 2.30. The van der Waals surface area contributed by atoms with Gasteiger partial charge in [0, 0.05) is 6.07 Å². The molecule has 0 atom stereocenters. The summed E-state index contributed by atoms with van der Waals surface area (Å²) in [6, 6.07) is 8.01. The van der Waals surface area contributed by atoms with Crippen LogP contribution < -0.4 is 4.74 Å². The van der Waals surface area contributed by atoms with Gasteiger partial charge in [-0.3, -0.25) is 0 Å².